The number of fused-ring (bicyclic) bond motifs is 5. The Morgan fingerprint density at radius 3 is 2.53 bits per heavy atom. The second-order valence-electron chi connectivity index (χ2n) is 12.7. The smallest absolute Gasteiger partial charge is 0.318 e. The Hall–Kier alpha value is -1.77. The molecule has 4 aliphatic carbocycles. The lowest BCUT2D eigenvalue weighted by molar-refractivity contribution is -0.117. The van der Waals surface area contributed by atoms with Crippen molar-refractivity contribution in [3.8, 4) is 0 Å². The van der Waals surface area contributed by atoms with Gasteiger partial charge >= 0.3 is 6.09 Å². The van der Waals surface area contributed by atoms with Gasteiger partial charge in [0.1, 0.15) is 0 Å². The zero-order chi connectivity index (χ0) is 27.3. The van der Waals surface area contributed by atoms with Gasteiger partial charge in [0.05, 0.1) is 5.71 Å². The zero-order valence-corrected chi connectivity index (χ0v) is 24.4. The summed E-state index contributed by atoms with van der Waals surface area (Å²) in [6, 6.07) is 0. The van der Waals surface area contributed by atoms with Crippen LogP contribution in [0.4, 0.5) is 4.79 Å². The first-order valence-corrected chi connectivity index (χ1v) is 15.0. The fourth-order valence-corrected chi connectivity index (χ4v) is 8.57. The second kappa shape index (κ2) is 12.6. The highest BCUT2D eigenvalue weighted by atomic mass is 16.7. The molecule has 0 saturated heterocycles. The number of hydrogen-bond acceptors (Lipinski definition) is 7. The van der Waals surface area contributed by atoms with Crippen LogP contribution < -0.4 is 16.0 Å². The Kier molecular flexibility index (Phi) is 9.69. The Morgan fingerprint density at radius 1 is 1.00 bits per heavy atom. The van der Waals surface area contributed by atoms with Gasteiger partial charge in [-0.25, -0.2) is 4.79 Å². The van der Waals surface area contributed by atoms with Crippen molar-refractivity contribution in [1.82, 2.24) is 20.9 Å². The molecule has 0 spiro atoms. The molecule has 0 aromatic carbocycles. The van der Waals surface area contributed by atoms with Crippen molar-refractivity contribution in [1.29, 1.82) is 0 Å². The number of rotatable bonds is 11. The molecular weight excluding hydrogens is 478 g/mol. The summed E-state index contributed by atoms with van der Waals surface area (Å²) in [5.41, 5.74) is 2.80. The van der Waals surface area contributed by atoms with Crippen LogP contribution >= 0.6 is 0 Å². The fourth-order valence-electron chi connectivity index (χ4n) is 8.57. The predicted octanol–water partition coefficient (Wildman–Crippen LogP) is 3.98. The maximum atomic E-state index is 12.9. The molecule has 3 N–H and O–H groups in total. The topological polar surface area (TPSA) is 95.1 Å². The Bertz CT molecular complexity index is 920. The van der Waals surface area contributed by atoms with E-state index >= 15 is 0 Å². The average molecular weight is 530 g/mol. The minimum atomic E-state index is -0.371. The lowest BCUT2D eigenvalue weighted by Gasteiger charge is -2.58. The van der Waals surface area contributed by atoms with Crippen molar-refractivity contribution >= 4 is 17.6 Å². The third-order valence-corrected chi connectivity index (χ3v) is 10.7. The molecular formula is C30H51N5O3. The quantitative estimate of drug-likeness (QED) is 0.162. The molecule has 0 aliphatic heterocycles. The summed E-state index contributed by atoms with van der Waals surface area (Å²) in [6.07, 6.45) is 10.4. The highest BCUT2D eigenvalue weighted by molar-refractivity contribution is 5.91. The summed E-state index contributed by atoms with van der Waals surface area (Å²) in [5.74, 6) is 2.77. The lowest BCUT2D eigenvalue weighted by Crippen LogP contribution is -2.51. The van der Waals surface area contributed by atoms with Crippen LogP contribution in [-0.4, -0.2) is 75.9 Å². The largest absolute Gasteiger partial charge is 0.436 e. The van der Waals surface area contributed by atoms with Gasteiger partial charge in [-0.15, -0.1) is 0 Å². The van der Waals surface area contributed by atoms with E-state index in [0.29, 0.717) is 49.6 Å². The van der Waals surface area contributed by atoms with Crippen LogP contribution in [0.2, 0.25) is 0 Å². The first kappa shape index (κ1) is 29.2. The molecule has 0 radical (unpaired) electrons. The first-order chi connectivity index (χ1) is 18.2. The molecule has 4 aliphatic rings. The average Bonchev–Trinajstić information content (AvgIpc) is 3.26. The highest BCUT2D eigenvalue weighted by Crippen LogP contribution is 2.66. The van der Waals surface area contributed by atoms with E-state index < -0.39 is 0 Å². The highest BCUT2D eigenvalue weighted by Gasteiger charge is 2.59. The molecule has 8 heteroatoms. The molecule has 38 heavy (non-hydrogen) atoms. The minimum absolute atomic E-state index is 0.201. The Labute approximate surface area is 229 Å². The minimum Gasteiger partial charge on any atom is -0.318 e. The number of allylic oxidation sites excluding steroid dienone is 1. The summed E-state index contributed by atoms with van der Waals surface area (Å²) in [4.78, 5) is 32.3. The molecule has 0 aromatic heterocycles. The number of amides is 1. The number of carbonyl (C=O) groups is 2. The fraction of sp³-hybridized carbons (Fsp3) is 0.833. The van der Waals surface area contributed by atoms with Crippen molar-refractivity contribution in [3.63, 3.8) is 0 Å². The van der Waals surface area contributed by atoms with Crippen LogP contribution in [0, 0.1) is 34.5 Å². The van der Waals surface area contributed by atoms with Crippen LogP contribution in [0.1, 0.15) is 72.1 Å². The number of ketones is 1. The number of hydrogen-bond donors (Lipinski definition) is 3. The first-order valence-electron chi connectivity index (χ1n) is 15.0. The van der Waals surface area contributed by atoms with Gasteiger partial charge in [0.2, 0.25) is 0 Å². The van der Waals surface area contributed by atoms with Crippen molar-refractivity contribution < 1.29 is 14.4 Å². The molecule has 8 nitrogen and oxygen atoms in total. The molecule has 3 saturated carbocycles. The summed E-state index contributed by atoms with van der Waals surface area (Å²) in [5, 5.41) is 14.0. The number of carbonyl (C=O) groups excluding carboxylic acids is 2. The van der Waals surface area contributed by atoms with E-state index in [0.717, 1.165) is 50.5 Å². The van der Waals surface area contributed by atoms with Crippen LogP contribution in [0.3, 0.4) is 0 Å². The van der Waals surface area contributed by atoms with E-state index in [1.54, 1.807) is 4.90 Å². The molecule has 0 unspecified atom stereocenters. The van der Waals surface area contributed by atoms with Gasteiger partial charge in [-0.1, -0.05) is 24.6 Å². The van der Waals surface area contributed by atoms with E-state index in [-0.39, 0.29) is 16.9 Å². The van der Waals surface area contributed by atoms with Crippen LogP contribution in [-0.2, 0) is 9.63 Å². The number of nitrogens with zero attached hydrogens (tertiary/aromatic N) is 2. The van der Waals surface area contributed by atoms with Gasteiger partial charge in [0.15, 0.2) is 5.78 Å². The number of nitrogens with one attached hydrogen (secondary N) is 3. The van der Waals surface area contributed by atoms with E-state index in [9.17, 15) is 9.59 Å². The molecule has 0 heterocycles. The van der Waals surface area contributed by atoms with Crippen molar-refractivity contribution in [3.05, 3.63) is 11.6 Å². The maximum absolute atomic E-state index is 12.9. The van der Waals surface area contributed by atoms with Crippen LogP contribution in [0.25, 0.3) is 0 Å². The normalized spacial score (nSPS) is 34.7. The second-order valence-corrected chi connectivity index (χ2v) is 12.7. The van der Waals surface area contributed by atoms with E-state index in [1.165, 1.54) is 31.3 Å². The molecule has 4 rings (SSSR count). The van der Waals surface area contributed by atoms with Crippen LogP contribution in [0.5, 0.6) is 0 Å². The van der Waals surface area contributed by atoms with E-state index in [4.69, 9.17) is 4.84 Å². The third-order valence-electron chi connectivity index (χ3n) is 10.7. The van der Waals surface area contributed by atoms with Crippen LogP contribution in [0.15, 0.2) is 16.8 Å². The molecule has 0 aromatic rings. The van der Waals surface area contributed by atoms with Gasteiger partial charge in [-0.3, -0.25) is 9.63 Å². The van der Waals surface area contributed by atoms with Gasteiger partial charge in [-0.2, -0.15) is 0 Å². The Morgan fingerprint density at radius 2 is 1.76 bits per heavy atom. The zero-order valence-electron chi connectivity index (χ0n) is 24.4. The predicted molar refractivity (Wildman–Crippen MR) is 152 cm³/mol. The summed E-state index contributed by atoms with van der Waals surface area (Å²) >= 11 is 0. The molecule has 214 valence electrons. The summed E-state index contributed by atoms with van der Waals surface area (Å²) in [6.45, 7) is 11.3. The standard InChI is InChI=1S/C30H51N5O3/c1-21(34-38-28(37)35(18-16-32-5)19-17-33-15-14-31-4)25-8-9-26-24-7-6-22-20-23(36)10-12-29(22,2)27(24)11-13-30(25,26)3/h20,24-27,31-33H,6-19H2,1-5H3/b34-21+/t24-,25+,26-,27-,29-,30+/m0/s1. The van der Waals surface area contributed by atoms with Gasteiger partial charge in [0.25, 0.3) is 0 Å². The van der Waals surface area contributed by atoms with Crippen molar-refractivity contribution in [2.45, 2.75) is 72.1 Å². The molecule has 3 fully saturated rings. The summed E-state index contributed by atoms with van der Waals surface area (Å²) < 4.78 is 0. The lowest BCUT2D eigenvalue weighted by atomic mass is 9.46. The van der Waals surface area contributed by atoms with Gasteiger partial charge in [-0.05, 0) is 101 Å². The van der Waals surface area contributed by atoms with Crippen molar-refractivity contribution in [2.24, 2.45) is 39.7 Å². The molecule has 1 amide bonds. The Balaban J connectivity index is 1.39. The third kappa shape index (κ3) is 5.87. The number of oxime groups is 1. The molecule has 0 bridgehead atoms. The van der Waals surface area contributed by atoms with E-state index in [2.05, 4.69) is 41.9 Å². The van der Waals surface area contributed by atoms with Gasteiger partial charge < -0.3 is 20.9 Å². The van der Waals surface area contributed by atoms with Gasteiger partial charge in [0, 0.05) is 51.6 Å². The number of likely N-dealkylation sites (N-methyl/N-ethyl adjacent to an activating group) is 2. The van der Waals surface area contributed by atoms with E-state index in [1.807, 2.05) is 20.2 Å². The SMILES string of the molecule is CNCCNCCN(CCNC)C(=O)O/N=C(\C)[C@H]1CC[C@H]2[C@@H]3CCC4=CC(=O)CC[C@]4(C)[C@H]3CC[C@]12C. The maximum Gasteiger partial charge on any atom is 0.436 e. The monoisotopic (exact) mass is 529 g/mol. The van der Waals surface area contributed by atoms with Crippen molar-refractivity contribution in [2.75, 3.05) is 53.4 Å². The summed E-state index contributed by atoms with van der Waals surface area (Å²) in [7, 11) is 3.82. The molecule has 6 atom stereocenters.